The maximum Gasteiger partial charge on any atom is 0.182 e. The quantitative estimate of drug-likeness (QED) is 0.383. The minimum Gasteiger partial charge on any atom is -0.488 e. The number of aliphatic imine (C=N–C) groups is 1. The summed E-state index contributed by atoms with van der Waals surface area (Å²) in [6.45, 7) is 8.30. The van der Waals surface area contributed by atoms with E-state index in [1.165, 1.54) is 18.5 Å². The molecular weight excluding hydrogens is 447 g/mol. The molecule has 0 amide bonds. The van der Waals surface area contributed by atoms with Gasteiger partial charge in [0.1, 0.15) is 17.9 Å². The van der Waals surface area contributed by atoms with Crippen LogP contribution in [-0.4, -0.2) is 46.6 Å². The van der Waals surface area contributed by atoms with E-state index in [9.17, 15) is 4.39 Å². The van der Waals surface area contributed by atoms with Crippen LogP contribution in [0.2, 0.25) is 0 Å². The molecule has 182 valence electrons. The average molecular weight is 477 g/mol. The molecule has 0 fully saturated rings. The number of fused-ring (bicyclic) bond motifs is 1. The number of oxazole rings is 1. The van der Waals surface area contributed by atoms with Crippen molar-refractivity contribution in [3.8, 4) is 5.69 Å². The Labute approximate surface area is 203 Å². The standard InChI is InChI=1S/C24H23FN6O2.C2H6/c1-16-13-31(14-29-16)20-7-2-17(23-22(20)30-15-33-23)12-21-24(28-10-11-32-21)27-9-8-26-19-5-3-18(25)4-6-19;1-2/h2-7,12-15,26H,8-11H2,1H3,(H,27,28);1-2H3/b21-12-;. The number of benzene rings is 2. The number of hydrogen-bond donors (Lipinski definition) is 2. The minimum absolute atomic E-state index is 0.254. The van der Waals surface area contributed by atoms with Gasteiger partial charge in [-0.05, 0) is 49.4 Å². The Morgan fingerprint density at radius 2 is 1.86 bits per heavy atom. The Hall–Kier alpha value is -4.14. The van der Waals surface area contributed by atoms with Gasteiger partial charge in [0.2, 0.25) is 0 Å². The highest BCUT2D eigenvalue weighted by Crippen LogP contribution is 2.27. The van der Waals surface area contributed by atoms with Gasteiger partial charge in [-0.2, -0.15) is 0 Å². The molecule has 1 aliphatic heterocycles. The van der Waals surface area contributed by atoms with E-state index in [0.717, 1.165) is 28.1 Å². The number of imidazole rings is 1. The summed E-state index contributed by atoms with van der Waals surface area (Å²) in [6.07, 6.45) is 7.06. The number of ether oxygens (including phenoxy) is 1. The predicted octanol–water partition coefficient (Wildman–Crippen LogP) is 4.96. The highest BCUT2D eigenvalue weighted by Gasteiger charge is 2.16. The number of hydrogen-bond acceptors (Lipinski definition) is 7. The Kier molecular flexibility index (Phi) is 7.77. The predicted molar refractivity (Wildman–Crippen MR) is 136 cm³/mol. The number of aromatic nitrogens is 3. The summed E-state index contributed by atoms with van der Waals surface area (Å²) in [6, 6.07) is 10.2. The van der Waals surface area contributed by atoms with E-state index in [1.807, 2.05) is 49.7 Å². The molecule has 4 aromatic rings. The Balaban J connectivity index is 0.00000141. The van der Waals surface area contributed by atoms with Gasteiger partial charge in [0.25, 0.3) is 0 Å². The lowest BCUT2D eigenvalue weighted by molar-refractivity contribution is 0.232. The van der Waals surface area contributed by atoms with Gasteiger partial charge >= 0.3 is 0 Å². The van der Waals surface area contributed by atoms with Gasteiger partial charge in [0.05, 0.1) is 24.3 Å². The van der Waals surface area contributed by atoms with Crippen LogP contribution in [0.15, 0.2) is 70.5 Å². The van der Waals surface area contributed by atoms with E-state index in [-0.39, 0.29) is 5.82 Å². The van der Waals surface area contributed by atoms with E-state index < -0.39 is 0 Å². The number of halogens is 1. The van der Waals surface area contributed by atoms with Crippen molar-refractivity contribution in [1.29, 1.82) is 0 Å². The molecule has 0 bridgehead atoms. The zero-order valence-corrected chi connectivity index (χ0v) is 20.1. The fourth-order valence-corrected chi connectivity index (χ4v) is 3.64. The lowest BCUT2D eigenvalue weighted by Crippen LogP contribution is -2.33. The molecule has 2 aromatic heterocycles. The lowest BCUT2D eigenvalue weighted by atomic mass is 10.1. The highest BCUT2D eigenvalue weighted by atomic mass is 19.1. The first-order valence-corrected chi connectivity index (χ1v) is 11.7. The monoisotopic (exact) mass is 476 g/mol. The van der Waals surface area contributed by atoms with E-state index in [0.29, 0.717) is 43.4 Å². The fourth-order valence-electron chi connectivity index (χ4n) is 3.64. The van der Waals surface area contributed by atoms with Gasteiger partial charge in [-0.1, -0.05) is 13.8 Å². The number of aryl methyl sites for hydroxylation is 1. The van der Waals surface area contributed by atoms with Crippen molar-refractivity contribution in [2.45, 2.75) is 20.8 Å². The van der Waals surface area contributed by atoms with Crippen molar-refractivity contribution in [3.63, 3.8) is 0 Å². The summed E-state index contributed by atoms with van der Waals surface area (Å²) >= 11 is 0. The Morgan fingerprint density at radius 3 is 2.63 bits per heavy atom. The number of nitrogens with one attached hydrogen (secondary N) is 2. The molecule has 8 nitrogen and oxygen atoms in total. The van der Waals surface area contributed by atoms with Gasteiger partial charge in [-0.3, -0.25) is 4.99 Å². The Morgan fingerprint density at radius 1 is 1.06 bits per heavy atom. The van der Waals surface area contributed by atoms with Crippen LogP contribution in [0, 0.1) is 12.7 Å². The molecule has 0 saturated heterocycles. The summed E-state index contributed by atoms with van der Waals surface area (Å²) < 4.78 is 26.6. The van der Waals surface area contributed by atoms with Crippen LogP contribution in [0.4, 0.5) is 10.1 Å². The lowest BCUT2D eigenvalue weighted by Gasteiger charge is -2.19. The summed E-state index contributed by atoms with van der Waals surface area (Å²) in [7, 11) is 0. The van der Waals surface area contributed by atoms with Crippen LogP contribution in [0.1, 0.15) is 25.1 Å². The summed E-state index contributed by atoms with van der Waals surface area (Å²) in [5, 5.41) is 6.56. The second-order valence-electron chi connectivity index (χ2n) is 7.57. The molecule has 35 heavy (non-hydrogen) atoms. The number of anilines is 1. The maximum atomic E-state index is 13.0. The number of nitrogens with zero attached hydrogens (tertiary/aromatic N) is 4. The molecule has 3 heterocycles. The van der Waals surface area contributed by atoms with E-state index in [2.05, 4.69) is 25.6 Å². The van der Waals surface area contributed by atoms with Crippen molar-refractivity contribution in [2.24, 2.45) is 4.99 Å². The highest BCUT2D eigenvalue weighted by molar-refractivity contribution is 6.02. The molecule has 9 heteroatoms. The van der Waals surface area contributed by atoms with Gasteiger partial charge < -0.3 is 24.4 Å². The molecule has 0 radical (unpaired) electrons. The van der Waals surface area contributed by atoms with E-state index >= 15 is 0 Å². The third kappa shape index (κ3) is 5.68. The normalized spacial score (nSPS) is 14.2. The number of amidine groups is 1. The van der Waals surface area contributed by atoms with Crippen LogP contribution in [-0.2, 0) is 4.74 Å². The molecule has 2 N–H and O–H groups in total. The smallest absolute Gasteiger partial charge is 0.182 e. The second kappa shape index (κ2) is 11.3. The van der Waals surface area contributed by atoms with Gasteiger partial charge in [0, 0.05) is 30.5 Å². The topological polar surface area (TPSA) is 89.5 Å². The average Bonchev–Trinajstić information content (AvgIpc) is 3.55. The Bertz CT molecular complexity index is 1320. The van der Waals surface area contributed by atoms with Gasteiger partial charge in [0.15, 0.2) is 23.6 Å². The van der Waals surface area contributed by atoms with Crippen LogP contribution in [0.3, 0.4) is 0 Å². The molecule has 0 saturated carbocycles. The molecule has 0 unspecified atom stereocenters. The maximum absolute atomic E-state index is 13.0. The fraction of sp³-hybridized carbons (Fsp3) is 0.269. The first-order chi connectivity index (χ1) is 17.2. The SMILES string of the molecule is CC.Cc1cn(-c2ccc(/C=C3\OCCN=C3NCCNc3ccc(F)cc3)c3ocnc23)cn1. The van der Waals surface area contributed by atoms with Crippen molar-refractivity contribution in [1.82, 2.24) is 19.9 Å². The van der Waals surface area contributed by atoms with Crippen molar-refractivity contribution >= 4 is 28.7 Å². The molecule has 0 spiro atoms. The molecule has 0 aliphatic carbocycles. The zero-order valence-electron chi connectivity index (χ0n) is 20.1. The molecule has 1 aliphatic rings. The molecule has 0 atom stereocenters. The van der Waals surface area contributed by atoms with E-state index in [4.69, 9.17) is 9.15 Å². The third-order valence-corrected chi connectivity index (χ3v) is 5.21. The van der Waals surface area contributed by atoms with Crippen LogP contribution in [0.25, 0.3) is 22.9 Å². The van der Waals surface area contributed by atoms with Crippen molar-refractivity contribution in [3.05, 3.63) is 78.1 Å². The second-order valence-corrected chi connectivity index (χ2v) is 7.57. The summed E-state index contributed by atoms with van der Waals surface area (Å²) in [4.78, 5) is 13.3. The van der Waals surface area contributed by atoms with Crippen LogP contribution >= 0.6 is 0 Å². The summed E-state index contributed by atoms with van der Waals surface area (Å²) in [5.74, 6) is 1.08. The largest absolute Gasteiger partial charge is 0.488 e. The first-order valence-electron chi connectivity index (χ1n) is 11.7. The van der Waals surface area contributed by atoms with Crippen molar-refractivity contribution < 1.29 is 13.5 Å². The van der Waals surface area contributed by atoms with Crippen LogP contribution < -0.4 is 10.6 Å². The molecule has 5 rings (SSSR count). The summed E-state index contributed by atoms with van der Waals surface area (Å²) in [5.41, 5.74) is 4.93. The number of rotatable bonds is 6. The molecular formula is C26H29FN6O2. The van der Waals surface area contributed by atoms with Crippen molar-refractivity contribution in [2.75, 3.05) is 31.6 Å². The van der Waals surface area contributed by atoms with Crippen LogP contribution in [0.5, 0.6) is 0 Å². The van der Waals surface area contributed by atoms with Gasteiger partial charge in [-0.25, -0.2) is 14.4 Å². The van der Waals surface area contributed by atoms with Gasteiger partial charge in [-0.15, -0.1) is 0 Å². The molecule has 2 aromatic carbocycles. The third-order valence-electron chi connectivity index (χ3n) is 5.21. The van der Waals surface area contributed by atoms with E-state index in [1.54, 1.807) is 18.5 Å². The minimum atomic E-state index is -0.254. The first kappa shape index (κ1) is 24.0. The zero-order chi connectivity index (χ0) is 24.6.